The molecule has 190 valence electrons. The number of hydrogen-bond acceptors (Lipinski definition) is 4. The van der Waals surface area contributed by atoms with Crippen molar-refractivity contribution in [3.05, 3.63) is 85.0 Å². The number of nitrogens with zero attached hydrogens (tertiary/aromatic N) is 2. The molecule has 5 heteroatoms. The fourth-order valence-electron chi connectivity index (χ4n) is 3.80. The van der Waals surface area contributed by atoms with Crippen molar-refractivity contribution < 1.29 is 13.9 Å². The number of aromatic nitrogens is 2. The van der Waals surface area contributed by atoms with Crippen LogP contribution in [-0.4, -0.2) is 29.3 Å². The van der Waals surface area contributed by atoms with Crippen LogP contribution in [0.2, 0.25) is 0 Å². The Kier molecular flexibility index (Phi) is 11.3. The summed E-state index contributed by atoms with van der Waals surface area (Å²) in [5.74, 6) is 0.691. The fraction of sp³-hybridized carbons (Fsp3) is 0.355. The lowest BCUT2D eigenvalue weighted by Crippen LogP contribution is -2.08. The first-order chi connectivity index (χ1) is 17.6. The van der Waals surface area contributed by atoms with Crippen molar-refractivity contribution in [1.29, 1.82) is 0 Å². The van der Waals surface area contributed by atoms with Crippen LogP contribution in [0.25, 0.3) is 28.6 Å². The Morgan fingerprint density at radius 2 is 1.78 bits per heavy atom. The van der Waals surface area contributed by atoms with Crippen molar-refractivity contribution in [2.24, 2.45) is 0 Å². The van der Waals surface area contributed by atoms with Crippen molar-refractivity contribution in [2.75, 3.05) is 13.2 Å². The summed E-state index contributed by atoms with van der Waals surface area (Å²) in [6.07, 6.45) is 16.5. The third-order valence-electron chi connectivity index (χ3n) is 5.88. The highest BCUT2D eigenvalue weighted by Gasteiger charge is 2.09. The molecule has 0 saturated carbocycles. The Morgan fingerprint density at radius 3 is 2.47 bits per heavy atom. The Morgan fingerprint density at radius 1 is 1.00 bits per heavy atom. The first-order valence-electron chi connectivity index (χ1n) is 12.8. The van der Waals surface area contributed by atoms with Crippen molar-refractivity contribution >= 4 is 6.08 Å². The Balaban J connectivity index is 1.49. The predicted molar refractivity (Wildman–Crippen MR) is 146 cm³/mol. The lowest BCUT2D eigenvalue weighted by molar-refractivity contribution is 0.0566. The molecule has 0 N–H and O–H groups in total. The van der Waals surface area contributed by atoms with Gasteiger partial charge in [0.15, 0.2) is 5.82 Å². The monoisotopic (exact) mass is 488 g/mol. The van der Waals surface area contributed by atoms with Gasteiger partial charge in [-0.2, -0.15) is 0 Å². The summed E-state index contributed by atoms with van der Waals surface area (Å²) in [6, 6.07) is 12.9. The van der Waals surface area contributed by atoms with Crippen LogP contribution in [0.3, 0.4) is 0 Å². The zero-order valence-corrected chi connectivity index (χ0v) is 21.5. The third kappa shape index (κ3) is 8.72. The highest BCUT2D eigenvalue weighted by molar-refractivity contribution is 5.65. The summed E-state index contributed by atoms with van der Waals surface area (Å²) in [5.41, 5.74) is 3.11. The molecule has 1 unspecified atom stereocenters. The first kappa shape index (κ1) is 27.3. The molecule has 0 fully saturated rings. The van der Waals surface area contributed by atoms with Crippen molar-refractivity contribution in [2.45, 2.75) is 58.5 Å². The molecule has 0 aliphatic heterocycles. The third-order valence-corrected chi connectivity index (χ3v) is 5.88. The number of ether oxygens (including phenoxy) is 2. The molecule has 3 aromatic rings. The van der Waals surface area contributed by atoms with Crippen LogP contribution in [0.1, 0.15) is 57.9 Å². The molecule has 4 nitrogen and oxygen atoms in total. The van der Waals surface area contributed by atoms with Gasteiger partial charge in [0.25, 0.3) is 0 Å². The van der Waals surface area contributed by atoms with E-state index < -0.39 is 0 Å². The van der Waals surface area contributed by atoms with Crippen LogP contribution in [0.4, 0.5) is 4.39 Å². The number of unbranched alkanes of at least 4 members (excludes halogenated alkanes) is 3. The van der Waals surface area contributed by atoms with E-state index >= 15 is 0 Å². The Labute approximate surface area is 214 Å². The minimum atomic E-state index is -0.377. The highest BCUT2D eigenvalue weighted by atomic mass is 19.1. The van der Waals surface area contributed by atoms with E-state index in [-0.39, 0.29) is 5.82 Å². The van der Waals surface area contributed by atoms with E-state index in [1.165, 1.54) is 18.9 Å². The molecule has 0 bridgehead atoms. The van der Waals surface area contributed by atoms with Crippen molar-refractivity contribution in [1.82, 2.24) is 9.97 Å². The molecule has 1 aromatic heterocycles. The lowest BCUT2D eigenvalue weighted by Gasteiger charge is -2.11. The fourth-order valence-corrected chi connectivity index (χ4v) is 3.80. The minimum absolute atomic E-state index is 0.327. The average molecular weight is 489 g/mol. The number of halogens is 1. The first-order valence-corrected chi connectivity index (χ1v) is 12.8. The number of benzene rings is 2. The second-order valence-electron chi connectivity index (χ2n) is 8.88. The highest BCUT2D eigenvalue weighted by Crippen LogP contribution is 2.26. The molecule has 0 saturated heterocycles. The maximum atomic E-state index is 14.5. The number of rotatable bonds is 15. The van der Waals surface area contributed by atoms with Crippen LogP contribution in [-0.2, 0) is 4.74 Å². The van der Waals surface area contributed by atoms with Crippen LogP contribution >= 0.6 is 0 Å². The second-order valence-corrected chi connectivity index (χ2v) is 8.88. The van der Waals surface area contributed by atoms with Gasteiger partial charge in [-0.1, -0.05) is 68.8 Å². The van der Waals surface area contributed by atoms with Gasteiger partial charge >= 0.3 is 0 Å². The van der Waals surface area contributed by atoms with Crippen LogP contribution in [0.15, 0.2) is 73.6 Å². The molecule has 0 amide bonds. The van der Waals surface area contributed by atoms with Gasteiger partial charge in [-0.05, 0) is 50.3 Å². The van der Waals surface area contributed by atoms with E-state index in [1.807, 2.05) is 12.1 Å². The normalized spacial score (nSPS) is 12.1. The van der Waals surface area contributed by atoms with Gasteiger partial charge in [-0.15, -0.1) is 0 Å². The molecule has 0 spiro atoms. The molecular formula is C31H37FN2O2. The molecule has 0 radical (unpaired) electrons. The molecule has 1 heterocycles. The number of allylic oxidation sites excluding steroid dienone is 1. The molecule has 0 aliphatic rings. The molecular weight excluding hydrogens is 451 g/mol. The van der Waals surface area contributed by atoms with Gasteiger partial charge in [-0.3, -0.25) is 0 Å². The Bertz CT molecular complexity index is 1090. The van der Waals surface area contributed by atoms with E-state index in [2.05, 4.69) is 54.7 Å². The van der Waals surface area contributed by atoms with Gasteiger partial charge in [0, 0.05) is 41.8 Å². The summed E-state index contributed by atoms with van der Waals surface area (Å²) in [5, 5.41) is 0. The summed E-state index contributed by atoms with van der Waals surface area (Å²) in [4.78, 5) is 8.90. The van der Waals surface area contributed by atoms with E-state index in [0.29, 0.717) is 35.4 Å². The molecule has 2 aromatic carbocycles. The quantitative estimate of drug-likeness (QED) is 0.159. The zero-order valence-electron chi connectivity index (χ0n) is 21.5. The lowest BCUT2D eigenvalue weighted by atomic mass is 10.1. The largest absolute Gasteiger partial charge is 0.489 e. The summed E-state index contributed by atoms with van der Waals surface area (Å²) in [6.45, 7) is 9.17. The maximum absolute atomic E-state index is 14.5. The SMILES string of the molecule is C=CCOc1ccc(-c2cnc(-c3ccc(C=CCCCC(C)OCCCCC)cc3)nc2)c(F)c1. The molecule has 1 atom stereocenters. The number of hydrogen-bond donors (Lipinski definition) is 0. The standard InChI is InChI=1S/C31H37FN2O2/c1-4-6-10-20-35-24(3)11-8-7-9-12-25-13-15-26(16-14-25)31-33-22-27(23-34-31)29-18-17-28(21-30(29)32)36-19-5-2/h5,9,12-18,21-24H,2,4,6-8,10-11,19-20H2,1,3H3. The Hall–Kier alpha value is -3.31. The zero-order chi connectivity index (χ0) is 25.6. The van der Waals surface area contributed by atoms with Gasteiger partial charge in [-0.25, -0.2) is 14.4 Å². The molecule has 0 aliphatic carbocycles. The summed E-state index contributed by atoms with van der Waals surface area (Å²) < 4.78 is 25.8. The molecule has 3 rings (SSSR count). The van der Waals surface area contributed by atoms with Gasteiger partial charge in [0.2, 0.25) is 0 Å². The van der Waals surface area contributed by atoms with Gasteiger partial charge < -0.3 is 9.47 Å². The van der Waals surface area contributed by atoms with E-state index in [0.717, 1.165) is 43.4 Å². The van der Waals surface area contributed by atoms with Crippen molar-refractivity contribution in [3.63, 3.8) is 0 Å². The van der Waals surface area contributed by atoms with Crippen molar-refractivity contribution in [3.8, 4) is 28.3 Å². The van der Waals surface area contributed by atoms with Crippen LogP contribution in [0, 0.1) is 5.82 Å². The van der Waals surface area contributed by atoms with Crippen LogP contribution in [0.5, 0.6) is 5.75 Å². The average Bonchev–Trinajstić information content (AvgIpc) is 2.90. The topological polar surface area (TPSA) is 44.2 Å². The van der Waals surface area contributed by atoms with E-state index in [9.17, 15) is 4.39 Å². The maximum Gasteiger partial charge on any atom is 0.159 e. The van der Waals surface area contributed by atoms with Gasteiger partial charge in [0.05, 0.1) is 6.10 Å². The van der Waals surface area contributed by atoms with Gasteiger partial charge in [0.1, 0.15) is 18.2 Å². The summed E-state index contributed by atoms with van der Waals surface area (Å²) in [7, 11) is 0. The molecule has 36 heavy (non-hydrogen) atoms. The summed E-state index contributed by atoms with van der Waals surface area (Å²) >= 11 is 0. The smallest absolute Gasteiger partial charge is 0.159 e. The predicted octanol–water partition coefficient (Wildman–Crippen LogP) is 8.29. The second kappa shape index (κ2) is 14.9. The van der Waals surface area contributed by atoms with E-state index in [1.54, 1.807) is 30.6 Å². The minimum Gasteiger partial charge on any atom is -0.489 e. The van der Waals surface area contributed by atoms with Crippen LogP contribution < -0.4 is 4.74 Å². The van der Waals surface area contributed by atoms with E-state index in [4.69, 9.17) is 9.47 Å².